The molecule has 1 fully saturated rings. The number of morpholine rings is 1. The molecule has 0 N–H and O–H groups in total. The standard InChI is InChI=1S/C28H26N4O2S2/c1-4-24(35-16-1)26-27(25-5-2-17-36-25)31-28-23(30-26)18-21(19-29-28)20-6-8-22(9-7-20)34-13-3-10-32-11-14-33-15-12-32/h1-2,4-9,16-19H,3,10-15H2. The van der Waals surface area contributed by atoms with Crippen LogP contribution < -0.4 is 4.74 Å². The van der Waals surface area contributed by atoms with Gasteiger partial charge in [0.25, 0.3) is 0 Å². The van der Waals surface area contributed by atoms with E-state index in [0.29, 0.717) is 12.3 Å². The second kappa shape index (κ2) is 10.8. The Bertz CT molecular complexity index is 1410. The van der Waals surface area contributed by atoms with Gasteiger partial charge in [-0.05, 0) is 53.1 Å². The summed E-state index contributed by atoms with van der Waals surface area (Å²) in [4.78, 5) is 19.2. The first-order valence-electron chi connectivity index (χ1n) is 12.1. The molecule has 36 heavy (non-hydrogen) atoms. The fourth-order valence-electron chi connectivity index (χ4n) is 4.32. The van der Waals surface area contributed by atoms with E-state index in [0.717, 1.165) is 82.8 Å². The number of benzene rings is 1. The molecule has 1 saturated heterocycles. The van der Waals surface area contributed by atoms with E-state index >= 15 is 0 Å². The lowest BCUT2D eigenvalue weighted by molar-refractivity contribution is 0.0358. The molecule has 8 heteroatoms. The van der Waals surface area contributed by atoms with Gasteiger partial charge in [0, 0.05) is 31.4 Å². The fraction of sp³-hybridized carbons (Fsp3) is 0.250. The van der Waals surface area contributed by atoms with Gasteiger partial charge < -0.3 is 9.47 Å². The third-order valence-corrected chi connectivity index (χ3v) is 7.96. The predicted molar refractivity (Wildman–Crippen MR) is 147 cm³/mol. The number of pyridine rings is 1. The maximum atomic E-state index is 5.97. The van der Waals surface area contributed by atoms with Gasteiger partial charge in [-0.1, -0.05) is 24.3 Å². The molecule has 1 aromatic carbocycles. The molecule has 6 nitrogen and oxygen atoms in total. The molecule has 5 aromatic rings. The van der Waals surface area contributed by atoms with Crippen molar-refractivity contribution in [1.82, 2.24) is 19.9 Å². The van der Waals surface area contributed by atoms with Gasteiger partial charge in [0.2, 0.25) is 0 Å². The van der Waals surface area contributed by atoms with Gasteiger partial charge in [-0.25, -0.2) is 15.0 Å². The SMILES string of the molecule is c1csc(-c2nc3cc(-c4ccc(OCCCN5CCOCC5)cc4)cnc3nc2-c2cccs2)c1. The lowest BCUT2D eigenvalue weighted by atomic mass is 10.1. The van der Waals surface area contributed by atoms with Crippen molar-refractivity contribution in [3.05, 3.63) is 71.6 Å². The summed E-state index contributed by atoms with van der Waals surface area (Å²) in [6.07, 6.45) is 2.88. The van der Waals surface area contributed by atoms with E-state index in [4.69, 9.17) is 19.4 Å². The minimum atomic E-state index is 0.655. The molecular formula is C28H26N4O2S2. The first kappa shape index (κ1) is 23.2. The zero-order chi connectivity index (χ0) is 24.2. The second-order valence-electron chi connectivity index (χ2n) is 8.62. The normalized spacial score (nSPS) is 14.3. The van der Waals surface area contributed by atoms with Crippen molar-refractivity contribution in [1.29, 1.82) is 0 Å². The number of aromatic nitrogens is 3. The Labute approximate surface area is 218 Å². The molecule has 1 aliphatic heterocycles. The van der Waals surface area contributed by atoms with E-state index < -0.39 is 0 Å². The van der Waals surface area contributed by atoms with Crippen LogP contribution >= 0.6 is 22.7 Å². The lowest BCUT2D eigenvalue weighted by Crippen LogP contribution is -2.37. The highest BCUT2D eigenvalue weighted by molar-refractivity contribution is 7.14. The van der Waals surface area contributed by atoms with Crippen molar-refractivity contribution in [3.8, 4) is 38.0 Å². The molecule has 1 aliphatic rings. The highest BCUT2D eigenvalue weighted by Crippen LogP contribution is 2.35. The smallest absolute Gasteiger partial charge is 0.178 e. The number of rotatable bonds is 8. The van der Waals surface area contributed by atoms with Crippen molar-refractivity contribution >= 4 is 33.8 Å². The molecule has 0 spiro atoms. The van der Waals surface area contributed by atoms with Gasteiger partial charge in [0.1, 0.15) is 22.7 Å². The number of fused-ring (bicyclic) bond motifs is 1. The Morgan fingerprint density at radius 3 is 2.28 bits per heavy atom. The van der Waals surface area contributed by atoms with Crippen molar-refractivity contribution in [2.24, 2.45) is 0 Å². The molecule has 5 heterocycles. The van der Waals surface area contributed by atoms with E-state index in [-0.39, 0.29) is 0 Å². The van der Waals surface area contributed by atoms with Crippen LogP contribution in [0.25, 0.3) is 43.4 Å². The summed E-state index contributed by atoms with van der Waals surface area (Å²) in [5, 5.41) is 4.13. The maximum absolute atomic E-state index is 5.97. The summed E-state index contributed by atoms with van der Waals surface area (Å²) >= 11 is 3.34. The van der Waals surface area contributed by atoms with Gasteiger partial charge in [-0.3, -0.25) is 4.90 Å². The predicted octanol–water partition coefficient (Wildman–Crippen LogP) is 6.25. The van der Waals surface area contributed by atoms with E-state index in [9.17, 15) is 0 Å². The third-order valence-electron chi connectivity index (χ3n) is 6.21. The minimum Gasteiger partial charge on any atom is -0.494 e. The summed E-state index contributed by atoms with van der Waals surface area (Å²) in [5.41, 5.74) is 5.32. The van der Waals surface area contributed by atoms with Crippen LogP contribution in [-0.2, 0) is 4.74 Å². The minimum absolute atomic E-state index is 0.655. The van der Waals surface area contributed by atoms with Crippen LogP contribution in [0.2, 0.25) is 0 Å². The van der Waals surface area contributed by atoms with Crippen molar-refractivity contribution in [3.63, 3.8) is 0 Å². The molecule has 0 unspecified atom stereocenters. The lowest BCUT2D eigenvalue weighted by Gasteiger charge is -2.26. The van der Waals surface area contributed by atoms with Gasteiger partial charge in [0.15, 0.2) is 5.65 Å². The monoisotopic (exact) mass is 514 g/mol. The summed E-state index contributed by atoms with van der Waals surface area (Å²) in [6, 6.07) is 18.5. The van der Waals surface area contributed by atoms with Crippen LogP contribution in [0.15, 0.2) is 71.6 Å². The third kappa shape index (κ3) is 5.17. The Hall–Kier alpha value is -3.17. The number of thiophene rings is 2. The topological polar surface area (TPSA) is 60.4 Å². The van der Waals surface area contributed by atoms with Crippen molar-refractivity contribution in [2.75, 3.05) is 39.5 Å². The molecular weight excluding hydrogens is 488 g/mol. The molecule has 6 rings (SSSR count). The van der Waals surface area contributed by atoms with E-state index in [2.05, 4.69) is 51.0 Å². The molecule has 4 aromatic heterocycles. The number of nitrogens with zero attached hydrogens (tertiary/aromatic N) is 4. The Balaban J connectivity index is 1.19. The van der Waals surface area contributed by atoms with Crippen LogP contribution in [0, 0.1) is 0 Å². The highest BCUT2D eigenvalue weighted by Gasteiger charge is 2.16. The maximum Gasteiger partial charge on any atom is 0.178 e. The van der Waals surface area contributed by atoms with Gasteiger partial charge >= 0.3 is 0 Å². The van der Waals surface area contributed by atoms with Gasteiger partial charge in [0.05, 0.1) is 29.6 Å². The molecule has 182 valence electrons. The van der Waals surface area contributed by atoms with E-state index in [1.807, 2.05) is 30.5 Å². The fourth-order valence-corrected chi connectivity index (χ4v) is 5.75. The first-order chi connectivity index (χ1) is 17.8. The largest absolute Gasteiger partial charge is 0.494 e. The van der Waals surface area contributed by atoms with Crippen LogP contribution in [0.3, 0.4) is 0 Å². The average molecular weight is 515 g/mol. The molecule has 0 aliphatic carbocycles. The Morgan fingerprint density at radius 2 is 1.58 bits per heavy atom. The van der Waals surface area contributed by atoms with E-state index in [1.165, 1.54) is 0 Å². The summed E-state index contributed by atoms with van der Waals surface area (Å²) in [6.45, 7) is 5.46. The van der Waals surface area contributed by atoms with Crippen LogP contribution in [0.1, 0.15) is 6.42 Å². The number of hydrogen-bond acceptors (Lipinski definition) is 8. The quantitative estimate of drug-likeness (QED) is 0.228. The Kier molecular flexibility index (Phi) is 7.00. The van der Waals surface area contributed by atoms with E-state index in [1.54, 1.807) is 22.7 Å². The zero-order valence-electron chi connectivity index (χ0n) is 19.8. The van der Waals surface area contributed by atoms with Crippen LogP contribution in [-0.4, -0.2) is 59.3 Å². The number of hydrogen-bond donors (Lipinski definition) is 0. The molecule has 0 bridgehead atoms. The number of ether oxygens (including phenoxy) is 2. The molecule has 0 saturated carbocycles. The zero-order valence-corrected chi connectivity index (χ0v) is 21.4. The van der Waals surface area contributed by atoms with Crippen molar-refractivity contribution in [2.45, 2.75) is 6.42 Å². The Morgan fingerprint density at radius 1 is 0.861 bits per heavy atom. The van der Waals surface area contributed by atoms with Crippen molar-refractivity contribution < 1.29 is 9.47 Å². The van der Waals surface area contributed by atoms with Crippen LogP contribution in [0.5, 0.6) is 5.75 Å². The summed E-state index contributed by atoms with van der Waals surface area (Å²) < 4.78 is 11.4. The summed E-state index contributed by atoms with van der Waals surface area (Å²) in [5.74, 6) is 0.884. The van der Waals surface area contributed by atoms with Gasteiger partial charge in [-0.15, -0.1) is 22.7 Å². The van der Waals surface area contributed by atoms with Crippen LogP contribution in [0.4, 0.5) is 0 Å². The molecule has 0 amide bonds. The second-order valence-corrected chi connectivity index (χ2v) is 10.5. The first-order valence-corrected chi connectivity index (χ1v) is 13.9. The molecule has 0 atom stereocenters. The van der Waals surface area contributed by atoms with Gasteiger partial charge in [-0.2, -0.15) is 0 Å². The molecule has 0 radical (unpaired) electrons. The highest BCUT2D eigenvalue weighted by atomic mass is 32.1. The summed E-state index contributed by atoms with van der Waals surface area (Å²) in [7, 11) is 0. The average Bonchev–Trinajstić information content (AvgIpc) is 3.66.